The van der Waals surface area contributed by atoms with Gasteiger partial charge in [-0.05, 0) is 30.4 Å². The molecule has 2 heterocycles. The molecule has 3 rings (SSSR count). The first kappa shape index (κ1) is 12.2. The van der Waals surface area contributed by atoms with Crippen molar-refractivity contribution in [1.29, 1.82) is 0 Å². The first-order valence-electron chi connectivity index (χ1n) is 7.11. The van der Waals surface area contributed by atoms with Crippen molar-refractivity contribution in [2.24, 2.45) is 0 Å². The fraction of sp³-hybridized carbons (Fsp3) is 0.600. The topological polar surface area (TPSA) is 24.5 Å². The number of nitrogens with one attached hydrogen (secondary N) is 1. The highest BCUT2D eigenvalue weighted by atomic mass is 16.5. The summed E-state index contributed by atoms with van der Waals surface area (Å²) in [6.07, 6.45) is 5.28. The molecule has 1 unspecified atom stereocenters. The molecule has 0 saturated carbocycles. The van der Waals surface area contributed by atoms with Gasteiger partial charge >= 0.3 is 0 Å². The molecule has 0 bridgehead atoms. The van der Waals surface area contributed by atoms with Crippen molar-refractivity contribution in [3.05, 3.63) is 35.4 Å². The van der Waals surface area contributed by atoms with Crippen LogP contribution < -0.4 is 5.43 Å². The number of piperidine rings is 1. The van der Waals surface area contributed by atoms with E-state index >= 15 is 0 Å². The standard InChI is InChI=1S/C15H22N2O/c1-4-9-17(10-5-1)16-12-15-14-7-3-2-6-13(14)8-11-18-15/h2-3,6-7,15-16H,1,4-5,8-12H2. The van der Waals surface area contributed by atoms with Crippen molar-refractivity contribution in [1.82, 2.24) is 10.4 Å². The monoisotopic (exact) mass is 246 g/mol. The maximum Gasteiger partial charge on any atom is 0.0966 e. The molecular weight excluding hydrogens is 224 g/mol. The van der Waals surface area contributed by atoms with Crippen LogP contribution in [0.4, 0.5) is 0 Å². The van der Waals surface area contributed by atoms with Crippen molar-refractivity contribution in [2.45, 2.75) is 31.8 Å². The van der Waals surface area contributed by atoms with Crippen LogP contribution in [0.25, 0.3) is 0 Å². The molecule has 0 radical (unpaired) electrons. The summed E-state index contributed by atoms with van der Waals surface area (Å²) in [5, 5.41) is 2.35. The van der Waals surface area contributed by atoms with Gasteiger partial charge < -0.3 is 4.74 Å². The Kier molecular flexibility index (Phi) is 3.93. The van der Waals surface area contributed by atoms with Gasteiger partial charge in [0, 0.05) is 19.6 Å². The summed E-state index contributed by atoms with van der Waals surface area (Å²) in [5.74, 6) is 0. The molecule has 0 aromatic heterocycles. The van der Waals surface area contributed by atoms with Crippen LogP contribution in [0.1, 0.15) is 36.5 Å². The van der Waals surface area contributed by atoms with Gasteiger partial charge in [0.2, 0.25) is 0 Å². The van der Waals surface area contributed by atoms with Gasteiger partial charge in [0.15, 0.2) is 0 Å². The van der Waals surface area contributed by atoms with E-state index in [0.717, 1.165) is 19.6 Å². The van der Waals surface area contributed by atoms with Crippen LogP contribution in [0.15, 0.2) is 24.3 Å². The molecule has 3 heteroatoms. The highest BCUT2D eigenvalue weighted by Crippen LogP contribution is 2.26. The summed E-state index contributed by atoms with van der Waals surface area (Å²) in [7, 11) is 0. The Balaban J connectivity index is 1.60. The van der Waals surface area contributed by atoms with Crippen molar-refractivity contribution >= 4 is 0 Å². The Morgan fingerprint density at radius 2 is 2.00 bits per heavy atom. The molecule has 0 aliphatic carbocycles. The minimum absolute atomic E-state index is 0.219. The van der Waals surface area contributed by atoms with Gasteiger partial charge in [-0.2, -0.15) is 0 Å². The number of hydrazine groups is 1. The average Bonchev–Trinajstić information content (AvgIpc) is 2.46. The first-order chi connectivity index (χ1) is 8.93. The van der Waals surface area contributed by atoms with Crippen LogP contribution in [0, 0.1) is 0 Å². The molecule has 0 amide bonds. The summed E-state index contributed by atoms with van der Waals surface area (Å²) >= 11 is 0. The molecule has 1 aromatic carbocycles. The molecule has 1 N–H and O–H groups in total. The van der Waals surface area contributed by atoms with Crippen LogP contribution in [-0.4, -0.2) is 31.3 Å². The van der Waals surface area contributed by atoms with Crippen LogP contribution in [-0.2, 0) is 11.2 Å². The largest absolute Gasteiger partial charge is 0.372 e. The van der Waals surface area contributed by atoms with E-state index in [1.54, 1.807) is 0 Å². The number of rotatable bonds is 3. The number of hydrogen-bond donors (Lipinski definition) is 1. The molecule has 1 saturated heterocycles. The Morgan fingerprint density at radius 3 is 2.89 bits per heavy atom. The van der Waals surface area contributed by atoms with Crippen molar-refractivity contribution < 1.29 is 4.74 Å². The lowest BCUT2D eigenvalue weighted by Crippen LogP contribution is -2.44. The SMILES string of the molecule is c1ccc2c(c1)CCOC2CNN1CCCCC1. The maximum atomic E-state index is 5.91. The number of benzene rings is 1. The summed E-state index contributed by atoms with van der Waals surface area (Å²) in [6, 6.07) is 8.67. The fourth-order valence-electron chi connectivity index (χ4n) is 2.91. The lowest BCUT2D eigenvalue weighted by atomic mass is 9.98. The van der Waals surface area contributed by atoms with Crippen molar-refractivity contribution in [3.8, 4) is 0 Å². The second-order valence-corrected chi connectivity index (χ2v) is 5.22. The Morgan fingerprint density at radius 1 is 1.17 bits per heavy atom. The molecule has 3 nitrogen and oxygen atoms in total. The minimum atomic E-state index is 0.219. The maximum absolute atomic E-state index is 5.91. The van der Waals surface area contributed by atoms with E-state index in [1.807, 2.05) is 0 Å². The Labute approximate surface area is 109 Å². The third-order valence-electron chi connectivity index (χ3n) is 3.95. The smallest absolute Gasteiger partial charge is 0.0966 e. The van der Waals surface area contributed by atoms with Gasteiger partial charge in [0.25, 0.3) is 0 Å². The zero-order valence-corrected chi connectivity index (χ0v) is 10.9. The summed E-state index contributed by atoms with van der Waals surface area (Å²) in [4.78, 5) is 0. The fourth-order valence-corrected chi connectivity index (χ4v) is 2.91. The number of ether oxygens (including phenoxy) is 1. The lowest BCUT2D eigenvalue weighted by Gasteiger charge is -2.31. The zero-order valence-electron chi connectivity index (χ0n) is 10.9. The van der Waals surface area contributed by atoms with Crippen LogP contribution in [0.3, 0.4) is 0 Å². The highest BCUT2D eigenvalue weighted by Gasteiger charge is 2.21. The van der Waals surface area contributed by atoms with E-state index in [2.05, 4.69) is 34.7 Å². The number of hydrogen-bond acceptors (Lipinski definition) is 3. The van der Waals surface area contributed by atoms with E-state index in [1.165, 1.54) is 43.5 Å². The van der Waals surface area contributed by atoms with Crippen molar-refractivity contribution in [2.75, 3.05) is 26.2 Å². The predicted molar refractivity (Wildman–Crippen MR) is 72.3 cm³/mol. The van der Waals surface area contributed by atoms with E-state index in [9.17, 15) is 0 Å². The molecule has 1 fully saturated rings. The molecule has 98 valence electrons. The Bertz CT molecular complexity index is 388. The highest BCUT2D eigenvalue weighted by molar-refractivity contribution is 5.31. The van der Waals surface area contributed by atoms with Gasteiger partial charge in [-0.25, -0.2) is 5.01 Å². The van der Waals surface area contributed by atoms with Gasteiger partial charge in [0.1, 0.15) is 0 Å². The molecule has 0 spiro atoms. The van der Waals surface area contributed by atoms with E-state index in [4.69, 9.17) is 4.74 Å². The second kappa shape index (κ2) is 5.83. The number of fused-ring (bicyclic) bond motifs is 1. The predicted octanol–water partition coefficient (Wildman–Crippen LogP) is 2.29. The summed E-state index contributed by atoms with van der Waals surface area (Å²) in [5.41, 5.74) is 6.36. The number of nitrogens with zero attached hydrogens (tertiary/aromatic N) is 1. The van der Waals surface area contributed by atoms with E-state index < -0.39 is 0 Å². The van der Waals surface area contributed by atoms with Gasteiger partial charge in [-0.3, -0.25) is 5.43 Å². The third kappa shape index (κ3) is 2.74. The van der Waals surface area contributed by atoms with Gasteiger partial charge in [0.05, 0.1) is 12.7 Å². The normalized spacial score (nSPS) is 24.8. The van der Waals surface area contributed by atoms with Crippen LogP contribution in [0.5, 0.6) is 0 Å². The first-order valence-corrected chi connectivity index (χ1v) is 7.11. The molecule has 2 aliphatic heterocycles. The third-order valence-corrected chi connectivity index (χ3v) is 3.95. The Hall–Kier alpha value is -0.900. The summed E-state index contributed by atoms with van der Waals surface area (Å²) in [6.45, 7) is 4.10. The molecule has 18 heavy (non-hydrogen) atoms. The van der Waals surface area contributed by atoms with E-state index in [-0.39, 0.29) is 6.10 Å². The summed E-state index contributed by atoms with van der Waals surface area (Å²) < 4.78 is 5.91. The lowest BCUT2D eigenvalue weighted by molar-refractivity contribution is 0.0217. The average molecular weight is 246 g/mol. The van der Waals surface area contributed by atoms with Gasteiger partial charge in [-0.1, -0.05) is 30.7 Å². The molecular formula is C15H22N2O. The minimum Gasteiger partial charge on any atom is -0.372 e. The van der Waals surface area contributed by atoms with E-state index in [0.29, 0.717) is 0 Å². The van der Waals surface area contributed by atoms with Crippen LogP contribution >= 0.6 is 0 Å². The van der Waals surface area contributed by atoms with Gasteiger partial charge in [-0.15, -0.1) is 0 Å². The molecule has 1 atom stereocenters. The molecule has 2 aliphatic rings. The quantitative estimate of drug-likeness (QED) is 0.885. The van der Waals surface area contributed by atoms with Crippen LogP contribution in [0.2, 0.25) is 0 Å². The van der Waals surface area contributed by atoms with Crippen molar-refractivity contribution in [3.63, 3.8) is 0 Å². The zero-order chi connectivity index (χ0) is 12.2. The molecule has 1 aromatic rings. The second-order valence-electron chi connectivity index (χ2n) is 5.22.